The van der Waals surface area contributed by atoms with E-state index in [1.165, 1.54) is 28.5 Å². The molecule has 1 heterocycles. The van der Waals surface area contributed by atoms with Crippen LogP contribution in [0.4, 0.5) is 4.39 Å². The van der Waals surface area contributed by atoms with Crippen molar-refractivity contribution in [1.29, 1.82) is 0 Å². The summed E-state index contributed by atoms with van der Waals surface area (Å²) in [6.45, 7) is 2.54. The van der Waals surface area contributed by atoms with Gasteiger partial charge in [0, 0.05) is 25.1 Å². The average Bonchev–Trinajstić information content (AvgIpc) is 2.77. The number of piperidine rings is 1. The summed E-state index contributed by atoms with van der Waals surface area (Å²) in [5, 5.41) is 2.45. The number of carbonyl (C=O) groups excluding carboxylic acids is 1. The molecule has 0 saturated carbocycles. The lowest BCUT2D eigenvalue weighted by Crippen LogP contribution is -2.39. The zero-order valence-electron chi connectivity index (χ0n) is 16.7. The number of hydrogen-bond donors (Lipinski definition) is 0. The molecule has 0 spiro atoms. The molecule has 3 aromatic rings. The van der Waals surface area contributed by atoms with Crippen LogP contribution in [0.2, 0.25) is 0 Å². The van der Waals surface area contributed by atoms with E-state index in [1.54, 1.807) is 19.2 Å². The zero-order valence-corrected chi connectivity index (χ0v) is 16.7. The summed E-state index contributed by atoms with van der Waals surface area (Å²) in [4.78, 5) is 15.0. The Labute approximate surface area is 171 Å². The average molecular weight is 391 g/mol. The Morgan fingerprint density at radius 3 is 2.41 bits per heavy atom. The van der Waals surface area contributed by atoms with E-state index in [-0.39, 0.29) is 23.6 Å². The Morgan fingerprint density at radius 1 is 1.03 bits per heavy atom. The topological polar surface area (TPSA) is 29.5 Å². The van der Waals surface area contributed by atoms with Crippen LogP contribution in [0.3, 0.4) is 0 Å². The third-order valence-corrected chi connectivity index (χ3v) is 5.94. The predicted octanol–water partition coefficient (Wildman–Crippen LogP) is 5.26. The van der Waals surface area contributed by atoms with E-state index in [0.29, 0.717) is 5.56 Å². The highest BCUT2D eigenvalue weighted by atomic mass is 19.1. The largest absolute Gasteiger partial charge is 0.375 e. The quantitative estimate of drug-likeness (QED) is 0.537. The highest BCUT2D eigenvalue weighted by Crippen LogP contribution is 2.27. The Balaban J connectivity index is 1.37. The minimum atomic E-state index is -0.310. The molecule has 1 aliphatic heterocycles. The van der Waals surface area contributed by atoms with Crippen molar-refractivity contribution in [3.8, 4) is 0 Å². The van der Waals surface area contributed by atoms with Crippen molar-refractivity contribution >= 4 is 16.6 Å². The van der Waals surface area contributed by atoms with Crippen LogP contribution < -0.4 is 0 Å². The fourth-order valence-electron chi connectivity index (χ4n) is 4.19. The lowest BCUT2D eigenvalue weighted by Gasteiger charge is -2.33. The molecule has 1 aliphatic rings. The number of hydrogen-bond acceptors (Lipinski definition) is 3. The molecule has 29 heavy (non-hydrogen) atoms. The summed E-state index contributed by atoms with van der Waals surface area (Å²) in [7, 11) is 1.75. The van der Waals surface area contributed by atoms with Gasteiger partial charge in [0.1, 0.15) is 5.82 Å². The van der Waals surface area contributed by atoms with Crippen molar-refractivity contribution in [3.05, 3.63) is 83.7 Å². The van der Waals surface area contributed by atoms with Crippen LogP contribution in [-0.2, 0) is 4.74 Å². The van der Waals surface area contributed by atoms with Crippen LogP contribution >= 0.6 is 0 Å². The number of ether oxygens (including phenoxy) is 1. The van der Waals surface area contributed by atoms with Gasteiger partial charge in [-0.25, -0.2) is 4.39 Å². The second kappa shape index (κ2) is 8.85. The maximum atomic E-state index is 13.1. The van der Waals surface area contributed by atoms with Crippen LogP contribution in [0.5, 0.6) is 0 Å². The summed E-state index contributed by atoms with van der Waals surface area (Å²) in [5.74, 6) is -0.170. The van der Waals surface area contributed by atoms with Gasteiger partial charge in [0.15, 0.2) is 5.78 Å². The van der Waals surface area contributed by atoms with Gasteiger partial charge in [0.05, 0.1) is 6.10 Å². The third kappa shape index (κ3) is 4.55. The molecule has 4 rings (SSSR count). The van der Waals surface area contributed by atoms with E-state index in [1.807, 2.05) is 6.07 Å². The minimum Gasteiger partial charge on any atom is -0.375 e. The van der Waals surface area contributed by atoms with E-state index in [0.717, 1.165) is 32.5 Å². The van der Waals surface area contributed by atoms with Crippen molar-refractivity contribution in [2.24, 2.45) is 5.92 Å². The van der Waals surface area contributed by atoms with Crippen molar-refractivity contribution < 1.29 is 13.9 Å². The number of rotatable bonds is 6. The van der Waals surface area contributed by atoms with Crippen LogP contribution in [0, 0.1) is 11.7 Å². The van der Waals surface area contributed by atoms with Crippen molar-refractivity contribution in [2.45, 2.75) is 18.9 Å². The lowest BCUT2D eigenvalue weighted by atomic mass is 9.88. The van der Waals surface area contributed by atoms with E-state index < -0.39 is 0 Å². The molecule has 1 fully saturated rings. The minimum absolute atomic E-state index is 0.00366. The molecule has 0 radical (unpaired) electrons. The first-order chi connectivity index (χ1) is 14.1. The summed E-state index contributed by atoms with van der Waals surface area (Å²) >= 11 is 0. The van der Waals surface area contributed by atoms with Crippen molar-refractivity contribution in [3.63, 3.8) is 0 Å². The van der Waals surface area contributed by atoms with Gasteiger partial charge >= 0.3 is 0 Å². The second-order valence-electron chi connectivity index (χ2n) is 7.78. The number of carbonyl (C=O) groups is 1. The number of likely N-dealkylation sites (tertiary alicyclic amines) is 1. The van der Waals surface area contributed by atoms with Gasteiger partial charge < -0.3 is 9.64 Å². The highest BCUT2D eigenvalue weighted by molar-refractivity contribution is 5.97. The SMILES string of the molecule is COC(CN1CCC(C(=O)c2ccc(F)cc2)CC1)c1ccc2ccccc2c1. The molecule has 1 unspecified atom stereocenters. The number of benzene rings is 3. The molecule has 4 heteroatoms. The van der Waals surface area contributed by atoms with Gasteiger partial charge in [0.2, 0.25) is 0 Å². The number of nitrogens with zero attached hydrogens (tertiary/aromatic N) is 1. The number of methoxy groups -OCH3 is 1. The van der Waals surface area contributed by atoms with E-state index >= 15 is 0 Å². The Hall–Kier alpha value is -2.56. The van der Waals surface area contributed by atoms with Gasteiger partial charge in [0.25, 0.3) is 0 Å². The molecule has 0 amide bonds. The number of fused-ring (bicyclic) bond motifs is 1. The number of ketones is 1. The van der Waals surface area contributed by atoms with E-state index in [4.69, 9.17) is 4.74 Å². The Morgan fingerprint density at radius 2 is 1.72 bits per heavy atom. The van der Waals surface area contributed by atoms with E-state index in [9.17, 15) is 9.18 Å². The maximum Gasteiger partial charge on any atom is 0.166 e. The van der Waals surface area contributed by atoms with Gasteiger partial charge in [-0.2, -0.15) is 0 Å². The molecule has 0 bridgehead atoms. The first-order valence-electron chi connectivity index (χ1n) is 10.2. The van der Waals surface area contributed by atoms with E-state index in [2.05, 4.69) is 41.3 Å². The van der Waals surface area contributed by atoms with Crippen molar-refractivity contribution in [1.82, 2.24) is 4.90 Å². The van der Waals surface area contributed by atoms with Crippen LogP contribution in [0.1, 0.15) is 34.9 Å². The standard InChI is InChI=1S/C25H26FNO2/c1-29-24(22-7-6-18-4-2-3-5-21(18)16-22)17-27-14-12-20(13-15-27)25(28)19-8-10-23(26)11-9-19/h2-11,16,20,24H,12-15,17H2,1H3. The number of Topliss-reactive ketones (excluding diaryl/α,β-unsaturated/α-hetero) is 1. The maximum absolute atomic E-state index is 13.1. The molecule has 1 atom stereocenters. The second-order valence-corrected chi connectivity index (χ2v) is 7.78. The molecule has 3 nitrogen and oxygen atoms in total. The molecule has 0 N–H and O–H groups in total. The fraction of sp³-hybridized carbons (Fsp3) is 0.320. The molecule has 150 valence electrons. The normalized spacial score (nSPS) is 16.8. The summed E-state index contributed by atoms with van der Waals surface area (Å²) in [6, 6.07) is 20.7. The lowest BCUT2D eigenvalue weighted by molar-refractivity contribution is 0.0486. The summed E-state index contributed by atoms with van der Waals surface area (Å²) < 4.78 is 18.9. The summed E-state index contributed by atoms with van der Waals surface area (Å²) in [6.07, 6.45) is 1.65. The predicted molar refractivity (Wildman–Crippen MR) is 114 cm³/mol. The van der Waals surface area contributed by atoms with Crippen LogP contribution in [0.15, 0.2) is 66.7 Å². The molecule has 1 saturated heterocycles. The van der Waals surface area contributed by atoms with Crippen LogP contribution in [-0.4, -0.2) is 37.4 Å². The van der Waals surface area contributed by atoms with Gasteiger partial charge in [-0.15, -0.1) is 0 Å². The van der Waals surface area contributed by atoms with Crippen LogP contribution in [0.25, 0.3) is 10.8 Å². The van der Waals surface area contributed by atoms with Gasteiger partial charge in [-0.1, -0.05) is 36.4 Å². The van der Waals surface area contributed by atoms with Crippen molar-refractivity contribution in [2.75, 3.05) is 26.7 Å². The van der Waals surface area contributed by atoms with Gasteiger partial charge in [-0.3, -0.25) is 4.79 Å². The van der Waals surface area contributed by atoms with Gasteiger partial charge in [-0.05, 0) is 72.6 Å². The first-order valence-corrected chi connectivity index (χ1v) is 10.2. The molecular formula is C25H26FNO2. The monoisotopic (exact) mass is 391 g/mol. The molecule has 3 aromatic carbocycles. The number of halogens is 1. The smallest absolute Gasteiger partial charge is 0.166 e. The highest BCUT2D eigenvalue weighted by Gasteiger charge is 2.27. The Bertz CT molecular complexity index is 978. The fourth-order valence-corrected chi connectivity index (χ4v) is 4.19. The third-order valence-electron chi connectivity index (χ3n) is 5.94. The molecule has 0 aliphatic carbocycles. The zero-order chi connectivity index (χ0) is 20.2. The first kappa shape index (κ1) is 19.7. The molecule has 0 aromatic heterocycles. The Kier molecular flexibility index (Phi) is 6.02. The summed E-state index contributed by atoms with van der Waals surface area (Å²) in [5.41, 5.74) is 1.78. The molecular weight excluding hydrogens is 365 g/mol.